The fourth-order valence-electron chi connectivity index (χ4n) is 0.309. The first-order chi connectivity index (χ1) is 4.21. The number of alkyl halides is 3. The Labute approximate surface area is 83.8 Å². The van der Waals surface area contributed by atoms with Crippen LogP contribution in [0.15, 0.2) is 0 Å². The van der Waals surface area contributed by atoms with Crippen LogP contribution in [0, 0.1) is 0 Å². The molecule has 10 heavy (non-hydrogen) atoms. The maximum Gasteiger partial charge on any atom is 0.275 e. The Hall–Kier alpha value is 1.32. The zero-order valence-corrected chi connectivity index (χ0v) is 9.65. The van der Waals surface area contributed by atoms with Gasteiger partial charge in [0.1, 0.15) is 2.14 Å². The molecule has 3 N–H and O–H groups in total. The summed E-state index contributed by atoms with van der Waals surface area (Å²) < 4.78 is -0.535. The molecule has 0 fully saturated rings. The maximum absolute atomic E-state index is 8.43. The maximum atomic E-state index is 8.43. The van der Waals surface area contributed by atoms with Crippen LogP contribution in [-0.4, -0.2) is 23.4 Å². The van der Waals surface area contributed by atoms with Crippen molar-refractivity contribution in [3.63, 3.8) is 0 Å². The molecular weight excluding hydrogens is 336 g/mol. The van der Waals surface area contributed by atoms with E-state index in [0.29, 0.717) is 6.42 Å². The molecule has 62 valence electrons. The normalized spacial score (nSPS) is 13.8. The van der Waals surface area contributed by atoms with Crippen LogP contribution in [0.3, 0.4) is 0 Å². The minimum absolute atomic E-state index is 0.144. The second-order valence-electron chi connectivity index (χ2n) is 1.89. The lowest BCUT2D eigenvalue weighted by Crippen LogP contribution is -2.28. The van der Waals surface area contributed by atoms with Crippen molar-refractivity contribution in [1.82, 2.24) is 0 Å². The number of hydrogen-bond donors (Lipinski definition) is 3. The number of rotatable bonds is 2. The molecule has 0 bridgehead atoms. The van der Waals surface area contributed by atoms with Crippen LogP contribution >= 0.6 is 47.8 Å². The van der Waals surface area contributed by atoms with Gasteiger partial charge in [-0.25, -0.2) is 0 Å². The van der Waals surface area contributed by atoms with Crippen molar-refractivity contribution in [2.24, 2.45) is 0 Å². The highest BCUT2D eigenvalue weighted by Crippen LogP contribution is 2.38. The molecule has 3 nitrogen and oxygen atoms in total. The van der Waals surface area contributed by atoms with Crippen LogP contribution in [0.4, 0.5) is 0 Å². The molecular formula is C4H7Br3O3. The topological polar surface area (TPSA) is 60.7 Å². The van der Waals surface area contributed by atoms with Gasteiger partial charge in [0.25, 0.3) is 5.97 Å². The van der Waals surface area contributed by atoms with E-state index in [2.05, 4.69) is 47.8 Å². The molecule has 0 saturated heterocycles. The van der Waals surface area contributed by atoms with E-state index in [1.54, 1.807) is 0 Å². The van der Waals surface area contributed by atoms with Crippen molar-refractivity contribution in [3.05, 3.63) is 0 Å². The molecule has 0 saturated carbocycles. The Morgan fingerprint density at radius 2 is 1.30 bits per heavy atom. The average molecular weight is 343 g/mol. The van der Waals surface area contributed by atoms with Crippen LogP contribution in [0.2, 0.25) is 0 Å². The molecule has 0 amide bonds. The summed E-state index contributed by atoms with van der Waals surface area (Å²) in [7, 11) is 0. The van der Waals surface area contributed by atoms with Crippen LogP contribution in [-0.2, 0) is 0 Å². The fraction of sp³-hybridized carbons (Fsp3) is 1.00. The highest BCUT2D eigenvalue weighted by molar-refractivity contribution is 9.39. The molecule has 0 atom stereocenters. The van der Waals surface area contributed by atoms with Gasteiger partial charge in [0.15, 0.2) is 0 Å². The van der Waals surface area contributed by atoms with E-state index >= 15 is 0 Å². The van der Waals surface area contributed by atoms with Gasteiger partial charge >= 0.3 is 0 Å². The predicted molar refractivity (Wildman–Crippen MR) is 48.1 cm³/mol. The number of hydrogen-bond acceptors (Lipinski definition) is 3. The molecule has 0 aromatic carbocycles. The van der Waals surface area contributed by atoms with Gasteiger partial charge in [-0.2, -0.15) is 0 Å². The lowest BCUT2D eigenvalue weighted by atomic mass is 10.3. The predicted octanol–water partition coefficient (Wildman–Crippen LogP) is 1.24. The minimum Gasteiger partial charge on any atom is -0.344 e. The van der Waals surface area contributed by atoms with E-state index in [0.717, 1.165) is 0 Å². The SMILES string of the molecule is OC(O)(O)CCC(Br)(Br)Br. The summed E-state index contributed by atoms with van der Waals surface area (Å²) in [6.07, 6.45) is 0.186. The number of aliphatic hydroxyl groups is 3. The zero-order valence-electron chi connectivity index (χ0n) is 4.89. The lowest BCUT2D eigenvalue weighted by Gasteiger charge is -2.17. The zero-order chi connectivity index (χ0) is 8.41. The molecule has 0 aliphatic heterocycles. The van der Waals surface area contributed by atoms with Gasteiger partial charge in [0, 0.05) is 6.42 Å². The van der Waals surface area contributed by atoms with Crippen molar-refractivity contribution >= 4 is 47.8 Å². The lowest BCUT2D eigenvalue weighted by molar-refractivity contribution is -0.314. The van der Waals surface area contributed by atoms with Crippen LogP contribution in [0.5, 0.6) is 0 Å². The smallest absolute Gasteiger partial charge is 0.275 e. The fourth-order valence-corrected chi connectivity index (χ4v) is 0.904. The molecule has 6 heteroatoms. The first kappa shape index (κ1) is 11.3. The summed E-state index contributed by atoms with van der Waals surface area (Å²) in [6.45, 7) is 0. The van der Waals surface area contributed by atoms with E-state index in [9.17, 15) is 0 Å². The van der Waals surface area contributed by atoms with Crippen LogP contribution in [0.25, 0.3) is 0 Å². The summed E-state index contributed by atoms with van der Waals surface area (Å²) in [5, 5.41) is 25.3. The Morgan fingerprint density at radius 3 is 1.40 bits per heavy atom. The van der Waals surface area contributed by atoms with Gasteiger partial charge < -0.3 is 15.3 Å². The highest BCUT2D eigenvalue weighted by Gasteiger charge is 2.25. The molecule has 0 spiro atoms. The largest absolute Gasteiger partial charge is 0.344 e. The summed E-state index contributed by atoms with van der Waals surface area (Å²) in [5.74, 6) is -2.58. The van der Waals surface area contributed by atoms with Gasteiger partial charge in [0.2, 0.25) is 0 Å². The Balaban J connectivity index is 3.56. The molecule has 0 aliphatic rings. The highest BCUT2D eigenvalue weighted by atomic mass is 80.0. The first-order valence-electron chi connectivity index (χ1n) is 2.44. The standard InChI is InChI=1S/C4H7Br3O3/c5-3(6,7)1-2-4(8,9)10/h8-10H,1-2H2. The van der Waals surface area contributed by atoms with Crippen molar-refractivity contribution in [2.45, 2.75) is 21.0 Å². The quantitative estimate of drug-likeness (QED) is 0.522. The molecule has 0 aromatic heterocycles. The van der Waals surface area contributed by atoms with E-state index in [1.807, 2.05) is 0 Å². The third-order valence-electron chi connectivity index (χ3n) is 0.744. The van der Waals surface area contributed by atoms with Crippen molar-refractivity contribution in [2.75, 3.05) is 0 Å². The van der Waals surface area contributed by atoms with E-state index < -0.39 is 8.12 Å². The first-order valence-corrected chi connectivity index (χ1v) is 4.82. The third-order valence-corrected chi connectivity index (χ3v) is 1.93. The molecule has 0 aliphatic carbocycles. The molecule has 0 radical (unpaired) electrons. The van der Waals surface area contributed by atoms with E-state index in [4.69, 9.17) is 15.3 Å². The second kappa shape index (κ2) is 3.82. The van der Waals surface area contributed by atoms with E-state index in [1.165, 1.54) is 0 Å². The van der Waals surface area contributed by atoms with Crippen molar-refractivity contribution < 1.29 is 15.3 Å². The van der Waals surface area contributed by atoms with Crippen molar-refractivity contribution in [1.29, 1.82) is 0 Å². The van der Waals surface area contributed by atoms with Crippen molar-refractivity contribution in [3.8, 4) is 0 Å². The molecule has 0 unspecified atom stereocenters. The number of halogens is 3. The summed E-state index contributed by atoms with van der Waals surface area (Å²) in [4.78, 5) is 0. The Kier molecular flexibility index (Phi) is 4.32. The van der Waals surface area contributed by atoms with Gasteiger partial charge in [-0.3, -0.25) is 0 Å². The molecule has 0 heterocycles. The minimum atomic E-state index is -2.58. The average Bonchev–Trinajstić information content (AvgIpc) is 1.57. The van der Waals surface area contributed by atoms with Gasteiger partial charge in [-0.05, 0) is 6.42 Å². The van der Waals surface area contributed by atoms with Crippen LogP contribution < -0.4 is 0 Å². The Bertz CT molecular complexity index is 89.3. The summed E-state index contributed by atoms with van der Waals surface area (Å²) in [5.41, 5.74) is 0. The molecule has 0 rings (SSSR count). The molecule has 0 aromatic rings. The second-order valence-corrected chi connectivity index (χ2v) is 9.14. The summed E-state index contributed by atoms with van der Waals surface area (Å²) >= 11 is 9.39. The summed E-state index contributed by atoms with van der Waals surface area (Å²) in [6, 6.07) is 0. The monoisotopic (exact) mass is 340 g/mol. The van der Waals surface area contributed by atoms with Gasteiger partial charge in [-0.15, -0.1) is 0 Å². The van der Waals surface area contributed by atoms with E-state index in [-0.39, 0.29) is 6.42 Å². The third kappa shape index (κ3) is 9.32. The van der Waals surface area contributed by atoms with Gasteiger partial charge in [-0.1, -0.05) is 47.8 Å². The van der Waals surface area contributed by atoms with Crippen LogP contribution in [0.1, 0.15) is 12.8 Å². The van der Waals surface area contributed by atoms with Gasteiger partial charge in [0.05, 0.1) is 0 Å². The Morgan fingerprint density at radius 1 is 0.900 bits per heavy atom.